The summed E-state index contributed by atoms with van der Waals surface area (Å²) in [6, 6.07) is 3.42. The summed E-state index contributed by atoms with van der Waals surface area (Å²) in [5, 5.41) is 12.2. The Hall–Kier alpha value is -1.99. The summed E-state index contributed by atoms with van der Waals surface area (Å²) in [4.78, 5) is 18.4. The van der Waals surface area contributed by atoms with Crippen molar-refractivity contribution in [2.24, 2.45) is 0 Å². The monoisotopic (exact) mass is 281 g/mol. The normalized spacial score (nSPS) is 10.9. The summed E-state index contributed by atoms with van der Waals surface area (Å²) in [6.45, 7) is 0. The molecule has 0 aromatic carbocycles. The highest BCUT2D eigenvalue weighted by molar-refractivity contribution is 7.18. The maximum absolute atomic E-state index is 10.9. The number of nitrogens with zero attached hydrogens (tertiary/aromatic N) is 3. The minimum absolute atomic E-state index is 0.0459. The van der Waals surface area contributed by atoms with Crippen LogP contribution in [0.2, 0.25) is 5.28 Å². The molecule has 3 rings (SSSR count). The fourth-order valence-corrected chi connectivity index (χ4v) is 2.70. The van der Waals surface area contributed by atoms with Crippen molar-refractivity contribution in [1.82, 2.24) is 9.97 Å². The summed E-state index contributed by atoms with van der Waals surface area (Å²) in [5.74, 6) is 0.501. The predicted octanol–water partition coefficient (Wildman–Crippen LogP) is 3.51. The molecule has 6 nitrogen and oxygen atoms in total. The number of furan rings is 1. The Labute approximate surface area is 109 Å². The van der Waals surface area contributed by atoms with Gasteiger partial charge in [0.2, 0.25) is 5.28 Å². The second-order valence-electron chi connectivity index (χ2n) is 3.37. The number of fused-ring (bicyclic) bond motifs is 1. The standard InChI is InChI=1S/C10H4ClN3O3S/c11-10-12-7-5(14(15)16)4-18-9(7)8(13-10)6-2-1-3-17-6/h1-4H. The molecule has 90 valence electrons. The molecule has 0 atom stereocenters. The van der Waals surface area contributed by atoms with E-state index in [1.54, 1.807) is 12.1 Å². The van der Waals surface area contributed by atoms with Crippen LogP contribution in [0.4, 0.5) is 5.69 Å². The van der Waals surface area contributed by atoms with Gasteiger partial charge < -0.3 is 4.42 Å². The van der Waals surface area contributed by atoms with Crippen LogP contribution in [0.5, 0.6) is 0 Å². The molecule has 0 saturated heterocycles. The molecule has 0 spiro atoms. The molecule has 0 fully saturated rings. The van der Waals surface area contributed by atoms with Gasteiger partial charge in [0.25, 0.3) is 0 Å². The van der Waals surface area contributed by atoms with Gasteiger partial charge in [0, 0.05) is 0 Å². The van der Waals surface area contributed by atoms with Crippen LogP contribution in [0, 0.1) is 10.1 Å². The topological polar surface area (TPSA) is 82.1 Å². The third-order valence-corrected chi connectivity index (χ3v) is 3.45. The molecule has 0 aliphatic rings. The van der Waals surface area contributed by atoms with E-state index in [2.05, 4.69) is 9.97 Å². The van der Waals surface area contributed by atoms with E-state index < -0.39 is 4.92 Å². The molecule has 0 bridgehead atoms. The third-order valence-electron chi connectivity index (χ3n) is 2.32. The first-order valence-electron chi connectivity index (χ1n) is 4.80. The fourth-order valence-electron chi connectivity index (χ4n) is 1.59. The minimum atomic E-state index is -0.492. The molecule has 8 heteroatoms. The van der Waals surface area contributed by atoms with Gasteiger partial charge in [0.1, 0.15) is 5.69 Å². The largest absolute Gasteiger partial charge is 0.463 e. The lowest BCUT2D eigenvalue weighted by atomic mass is 10.3. The zero-order chi connectivity index (χ0) is 12.7. The summed E-state index contributed by atoms with van der Waals surface area (Å²) in [7, 11) is 0. The van der Waals surface area contributed by atoms with E-state index in [-0.39, 0.29) is 16.5 Å². The van der Waals surface area contributed by atoms with Crippen molar-refractivity contribution >= 4 is 38.8 Å². The summed E-state index contributed by atoms with van der Waals surface area (Å²) >= 11 is 6.98. The number of aromatic nitrogens is 2. The Bertz CT molecular complexity index is 738. The van der Waals surface area contributed by atoms with E-state index in [1.807, 2.05) is 0 Å². The summed E-state index contributed by atoms with van der Waals surface area (Å²) < 4.78 is 5.82. The van der Waals surface area contributed by atoms with Gasteiger partial charge >= 0.3 is 5.69 Å². The highest BCUT2D eigenvalue weighted by atomic mass is 35.5. The number of hydrogen-bond donors (Lipinski definition) is 0. The number of rotatable bonds is 2. The molecule has 0 radical (unpaired) electrons. The molecule has 3 aromatic rings. The van der Waals surface area contributed by atoms with Crippen molar-refractivity contribution in [1.29, 1.82) is 0 Å². The average molecular weight is 282 g/mol. The molecule has 0 N–H and O–H groups in total. The Balaban J connectivity index is 2.36. The van der Waals surface area contributed by atoms with Crippen molar-refractivity contribution in [3.8, 4) is 11.5 Å². The maximum Gasteiger partial charge on any atom is 0.306 e. The molecule has 0 amide bonds. The van der Waals surface area contributed by atoms with E-state index in [4.69, 9.17) is 16.0 Å². The number of nitro groups is 1. The fraction of sp³-hybridized carbons (Fsp3) is 0. The van der Waals surface area contributed by atoms with E-state index in [9.17, 15) is 10.1 Å². The molecular formula is C10H4ClN3O3S. The zero-order valence-electron chi connectivity index (χ0n) is 8.66. The van der Waals surface area contributed by atoms with Crippen molar-refractivity contribution in [2.75, 3.05) is 0 Å². The summed E-state index contributed by atoms with van der Waals surface area (Å²) in [5.41, 5.74) is 0.622. The quantitative estimate of drug-likeness (QED) is 0.408. The molecule has 0 saturated carbocycles. The molecule has 0 aliphatic heterocycles. The first kappa shape index (κ1) is 11.1. The van der Waals surface area contributed by atoms with Crippen LogP contribution in [0.1, 0.15) is 0 Å². The van der Waals surface area contributed by atoms with Crippen molar-refractivity contribution in [3.05, 3.63) is 39.2 Å². The van der Waals surface area contributed by atoms with Gasteiger partial charge in [-0.2, -0.15) is 0 Å². The summed E-state index contributed by atoms with van der Waals surface area (Å²) in [6.07, 6.45) is 1.50. The smallest absolute Gasteiger partial charge is 0.306 e. The Morgan fingerprint density at radius 3 is 2.94 bits per heavy atom. The van der Waals surface area contributed by atoms with Gasteiger partial charge in [-0.15, -0.1) is 11.3 Å². The van der Waals surface area contributed by atoms with Crippen LogP contribution in [-0.2, 0) is 0 Å². The molecule has 0 aliphatic carbocycles. The van der Waals surface area contributed by atoms with Gasteiger partial charge in [-0.05, 0) is 23.7 Å². The van der Waals surface area contributed by atoms with E-state index in [0.29, 0.717) is 16.2 Å². The number of halogens is 1. The van der Waals surface area contributed by atoms with Crippen LogP contribution in [0.3, 0.4) is 0 Å². The predicted molar refractivity (Wildman–Crippen MR) is 66.8 cm³/mol. The molecule has 0 unspecified atom stereocenters. The first-order valence-corrected chi connectivity index (χ1v) is 6.05. The second-order valence-corrected chi connectivity index (χ2v) is 4.59. The average Bonchev–Trinajstić information content (AvgIpc) is 2.96. The number of thiophene rings is 1. The van der Waals surface area contributed by atoms with Gasteiger partial charge in [-0.3, -0.25) is 10.1 Å². The van der Waals surface area contributed by atoms with E-state index in [1.165, 1.54) is 23.0 Å². The molecule has 18 heavy (non-hydrogen) atoms. The lowest BCUT2D eigenvalue weighted by Crippen LogP contribution is -1.91. The van der Waals surface area contributed by atoms with Crippen molar-refractivity contribution in [2.45, 2.75) is 0 Å². The lowest BCUT2D eigenvalue weighted by molar-refractivity contribution is -0.382. The number of hydrogen-bond acceptors (Lipinski definition) is 6. The van der Waals surface area contributed by atoms with E-state index >= 15 is 0 Å². The van der Waals surface area contributed by atoms with E-state index in [0.717, 1.165) is 0 Å². The SMILES string of the molecule is O=[N+]([O-])c1csc2c(-c3ccco3)nc(Cl)nc12. The Morgan fingerprint density at radius 2 is 2.28 bits per heavy atom. The Kier molecular flexibility index (Phi) is 2.49. The van der Waals surface area contributed by atoms with Gasteiger partial charge in [-0.25, -0.2) is 9.97 Å². The third kappa shape index (κ3) is 1.64. The van der Waals surface area contributed by atoms with Gasteiger partial charge in [0.15, 0.2) is 11.3 Å². The molecule has 3 aromatic heterocycles. The zero-order valence-corrected chi connectivity index (χ0v) is 10.2. The van der Waals surface area contributed by atoms with Crippen molar-refractivity contribution in [3.63, 3.8) is 0 Å². The van der Waals surface area contributed by atoms with Crippen LogP contribution in [0.25, 0.3) is 21.7 Å². The van der Waals surface area contributed by atoms with Crippen molar-refractivity contribution < 1.29 is 9.34 Å². The highest BCUT2D eigenvalue weighted by Crippen LogP contribution is 2.37. The van der Waals surface area contributed by atoms with Gasteiger partial charge in [-0.1, -0.05) is 0 Å². The Morgan fingerprint density at radius 1 is 1.44 bits per heavy atom. The maximum atomic E-state index is 10.9. The second kappa shape index (κ2) is 4.04. The lowest BCUT2D eigenvalue weighted by Gasteiger charge is -1.98. The molecule has 3 heterocycles. The van der Waals surface area contributed by atoms with Crippen LogP contribution >= 0.6 is 22.9 Å². The van der Waals surface area contributed by atoms with Crippen LogP contribution in [-0.4, -0.2) is 14.9 Å². The highest BCUT2D eigenvalue weighted by Gasteiger charge is 2.21. The molecular weight excluding hydrogens is 278 g/mol. The van der Waals surface area contributed by atoms with Crippen LogP contribution < -0.4 is 0 Å². The van der Waals surface area contributed by atoms with Gasteiger partial charge in [0.05, 0.1) is 21.3 Å². The minimum Gasteiger partial charge on any atom is -0.463 e. The van der Waals surface area contributed by atoms with Crippen LogP contribution in [0.15, 0.2) is 28.2 Å². The first-order chi connectivity index (χ1) is 8.66.